The molecule has 3 rings (SSSR count). The number of halogens is 1. The minimum Gasteiger partial charge on any atom is -0.443 e. The van der Waals surface area contributed by atoms with Crippen molar-refractivity contribution in [2.45, 2.75) is 45.7 Å². The summed E-state index contributed by atoms with van der Waals surface area (Å²) in [4.78, 5) is 13.7. The molecule has 8 heteroatoms. The zero-order valence-corrected chi connectivity index (χ0v) is 21.7. The highest BCUT2D eigenvalue weighted by Gasteiger charge is 2.22. The van der Waals surface area contributed by atoms with Crippen LogP contribution in [0.3, 0.4) is 0 Å². The number of nitrogens with zero attached hydrogens (tertiary/aromatic N) is 4. The highest BCUT2D eigenvalue weighted by molar-refractivity contribution is 14.0. The molecule has 0 aliphatic carbocycles. The third-order valence-electron chi connectivity index (χ3n) is 5.55. The lowest BCUT2D eigenvalue weighted by molar-refractivity contribution is 0.197. The van der Waals surface area contributed by atoms with E-state index in [0.717, 1.165) is 44.4 Å². The minimum atomic E-state index is -0.0366. The van der Waals surface area contributed by atoms with Crippen molar-refractivity contribution in [3.63, 3.8) is 0 Å². The van der Waals surface area contributed by atoms with Crippen LogP contribution in [0.2, 0.25) is 0 Å². The first-order valence-corrected chi connectivity index (χ1v) is 10.8. The second-order valence-corrected chi connectivity index (χ2v) is 8.88. The second kappa shape index (κ2) is 11.7. The van der Waals surface area contributed by atoms with Crippen molar-refractivity contribution in [1.29, 1.82) is 0 Å². The number of benzene rings is 1. The van der Waals surface area contributed by atoms with Crippen LogP contribution in [0.25, 0.3) is 0 Å². The van der Waals surface area contributed by atoms with Crippen molar-refractivity contribution in [3.05, 3.63) is 48.2 Å². The number of rotatable bonds is 6. The van der Waals surface area contributed by atoms with Gasteiger partial charge in [0.1, 0.15) is 5.76 Å². The predicted octanol–water partition coefficient (Wildman–Crippen LogP) is 3.47. The molecular formula is C23H37IN6O. The molecule has 2 N–H and O–H groups in total. The standard InChI is InChI=1S/C23H36N6O.HI/c1-18(28-11-13-29(14-12-28)19-9-7-6-8-10-19)15-26-22(24-5)27-17-21-25-16-20(30-21)23(2,3)4;/h6-10,16,18H,11-15,17H2,1-5H3,(H2,24,26,27);1H. The molecule has 172 valence electrons. The van der Waals surface area contributed by atoms with Gasteiger partial charge in [-0.15, -0.1) is 24.0 Å². The molecule has 1 aromatic carbocycles. The number of aromatic nitrogens is 1. The Morgan fingerprint density at radius 2 is 1.81 bits per heavy atom. The molecule has 1 aliphatic heterocycles. The summed E-state index contributed by atoms with van der Waals surface area (Å²) in [5.74, 6) is 2.33. The van der Waals surface area contributed by atoms with E-state index >= 15 is 0 Å². The number of nitrogens with one attached hydrogen (secondary N) is 2. The van der Waals surface area contributed by atoms with Gasteiger partial charge in [0.25, 0.3) is 0 Å². The van der Waals surface area contributed by atoms with E-state index in [4.69, 9.17) is 4.42 Å². The maximum absolute atomic E-state index is 5.84. The molecule has 1 saturated heterocycles. The number of aliphatic imine (C=N–C) groups is 1. The van der Waals surface area contributed by atoms with Gasteiger partial charge in [-0.25, -0.2) is 4.98 Å². The number of guanidine groups is 1. The fraction of sp³-hybridized carbons (Fsp3) is 0.565. The maximum atomic E-state index is 5.84. The van der Waals surface area contributed by atoms with Crippen LogP contribution in [0, 0.1) is 0 Å². The molecular weight excluding hydrogens is 503 g/mol. The SMILES string of the molecule is CN=C(NCc1ncc(C(C)(C)C)o1)NCC(C)N1CCN(c2ccccc2)CC1.I. The summed E-state index contributed by atoms with van der Waals surface area (Å²) < 4.78 is 5.84. The molecule has 2 heterocycles. The van der Waals surface area contributed by atoms with E-state index in [-0.39, 0.29) is 29.4 Å². The smallest absolute Gasteiger partial charge is 0.213 e. The molecule has 2 aromatic rings. The molecule has 0 bridgehead atoms. The molecule has 1 aromatic heterocycles. The normalized spacial score (nSPS) is 16.5. The summed E-state index contributed by atoms with van der Waals surface area (Å²) in [6, 6.07) is 11.1. The molecule has 1 aliphatic rings. The van der Waals surface area contributed by atoms with E-state index in [1.165, 1.54) is 5.69 Å². The number of hydrogen-bond donors (Lipinski definition) is 2. The molecule has 0 amide bonds. The molecule has 31 heavy (non-hydrogen) atoms. The lowest BCUT2D eigenvalue weighted by atomic mass is 9.94. The summed E-state index contributed by atoms with van der Waals surface area (Å²) in [7, 11) is 1.79. The van der Waals surface area contributed by atoms with E-state index in [1.54, 1.807) is 7.05 Å². The van der Waals surface area contributed by atoms with E-state index in [2.05, 4.69) is 88.4 Å². The third-order valence-corrected chi connectivity index (χ3v) is 5.55. The average Bonchev–Trinajstić information content (AvgIpc) is 3.24. The molecule has 0 saturated carbocycles. The van der Waals surface area contributed by atoms with Crippen LogP contribution >= 0.6 is 24.0 Å². The summed E-state index contributed by atoms with van der Waals surface area (Å²) in [6.45, 7) is 14.2. The van der Waals surface area contributed by atoms with Gasteiger partial charge in [0, 0.05) is 56.9 Å². The van der Waals surface area contributed by atoms with Gasteiger partial charge in [-0.2, -0.15) is 0 Å². The number of oxazole rings is 1. The Hall–Kier alpha value is -1.81. The summed E-state index contributed by atoms with van der Waals surface area (Å²) in [5, 5.41) is 6.72. The Labute approximate surface area is 203 Å². The Morgan fingerprint density at radius 1 is 1.13 bits per heavy atom. The highest BCUT2D eigenvalue weighted by Crippen LogP contribution is 2.22. The molecule has 1 atom stereocenters. The molecule has 7 nitrogen and oxygen atoms in total. The fourth-order valence-corrected chi connectivity index (χ4v) is 3.55. The van der Waals surface area contributed by atoms with Gasteiger partial charge in [-0.3, -0.25) is 9.89 Å². The number of hydrogen-bond acceptors (Lipinski definition) is 5. The van der Waals surface area contributed by atoms with Crippen molar-refractivity contribution < 1.29 is 4.42 Å². The topological polar surface area (TPSA) is 68.9 Å². The number of piperazine rings is 1. The lowest BCUT2D eigenvalue weighted by Crippen LogP contribution is -2.53. The van der Waals surface area contributed by atoms with Gasteiger partial charge in [0.2, 0.25) is 5.89 Å². The van der Waals surface area contributed by atoms with Crippen molar-refractivity contribution in [1.82, 2.24) is 20.5 Å². The quantitative estimate of drug-likeness (QED) is 0.333. The third kappa shape index (κ3) is 7.38. The zero-order chi connectivity index (χ0) is 21.6. The van der Waals surface area contributed by atoms with E-state index in [0.29, 0.717) is 18.5 Å². The molecule has 1 unspecified atom stereocenters. The van der Waals surface area contributed by atoms with E-state index in [9.17, 15) is 0 Å². The first kappa shape index (κ1) is 25.5. The van der Waals surface area contributed by atoms with Crippen molar-refractivity contribution in [2.75, 3.05) is 44.7 Å². The zero-order valence-electron chi connectivity index (χ0n) is 19.4. The van der Waals surface area contributed by atoms with E-state index < -0.39 is 0 Å². The largest absolute Gasteiger partial charge is 0.443 e. The molecule has 0 spiro atoms. The summed E-state index contributed by atoms with van der Waals surface area (Å²) in [6.07, 6.45) is 1.81. The van der Waals surface area contributed by atoms with Gasteiger partial charge < -0.3 is 20.0 Å². The maximum Gasteiger partial charge on any atom is 0.213 e. The Balaban J connectivity index is 0.00000341. The minimum absolute atomic E-state index is 0. The fourth-order valence-electron chi connectivity index (χ4n) is 3.55. The van der Waals surface area contributed by atoms with Crippen LogP contribution in [0.4, 0.5) is 5.69 Å². The summed E-state index contributed by atoms with van der Waals surface area (Å²) in [5.41, 5.74) is 1.28. The monoisotopic (exact) mass is 540 g/mol. The van der Waals surface area contributed by atoms with Gasteiger partial charge >= 0.3 is 0 Å². The van der Waals surface area contributed by atoms with Crippen LogP contribution in [-0.2, 0) is 12.0 Å². The van der Waals surface area contributed by atoms with Crippen molar-refractivity contribution in [3.8, 4) is 0 Å². The Bertz CT molecular complexity index is 809. The average molecular weight is 540 g/mol. The van der Waals surface area contributed by atoms with Gasteiger partial charge in [0.05, 0.1) is 12.7 Å². The number of anilines is 1. The molecule has 1 fully saturated rings. The van der Waals surface area contributed by atoms with Gasteiger partial charge in [-0.05, 0) is 19.1 Å². The highest BCUT2D eigenvalue weighted by atomic mass is 127. The Morgan fingerprint density at radius 3 is 2.39 bits per heavy atom. The van der Waals surface area contributed by atoms with Crippen LogP contribution in [0.15, 0.2) is 45.9 Å². The van der Waals surface area contributed by atoms with E-state index in [1.807, 2.05) is 6.20 Å². The van der Waals surface area contributed by atoms with Crippen LogP contribution in [0.1, 0.15) is 39.3 Å². The first-order chi connectivity index (χ1) is 14.4. The van der Waals surface area contributed by atoms with Crippen LogP contribution in [0.5, 0.6) is 0 Å². The van der Waals surface area contributed by atoms with Gasteiger partial charge in [-0.1, -0.05) is 39.0 Å². The number of para-hydroxylation sites is 1. The van der Waals surface area contributed by atoms with Crippen molar-refractivity contribution >= 4 is 35.6 Å². The van der Waals surface area contributed by atoms with Crippen molar-refractivity contribution in [2.24, 2.45) is 4.99 Å². The summed E-state index contributed by atoms with van der Waals surface area (Å²) >= 11 is 0. The lowest BCUT2D eigenvalue weighted by Gasteiger charge is -2.39. The van der Waals surface area contributed by atoms with Crippen LogP contribution < -0.4 is 15.5 Å². The van der Waals surface area contributed by atoms with Gasteiger partial charge in [0.15, 0.2) is 5.96 Å². The first-order valence-electron chi connectivity index (χ1n) is 10.8. The second-order valence-electron chi connectivity index (χ2n) is 8.88. The predicted molar refractivity (Wildman–Crippen MR) is 139 cm³/mol. The Kier molecular flexibility index (Phi) is 9.61. The van der Waals surface area contributed by atoms with Crippen LogP contribution in [-0.4, -0.2) is 61.7 Å². The molecule has 0 radical (unpaired) electrons.